The van der Waals surface area contributed by atoms with Gasteiger partial charge in [-0.1, -0.05) is 24.3 Å². The molecule has 7 heteroatoms. The molecule has 0 N–H and O–H groups in total. The highest BCUT2D eigenvalue weighted by molar-refractivity contribution is 5.97. The number of Topliss-reactive ketones (excluding diaryl/α,β-unsaturated/α-hetero) is 1. The third-order valence-electron chi connectivity index (χ3n) is 3.33. The maximum Gasteiger partial charge on any atom is 0.573 e. The first kappa shape index (κ1) is 18.8. The van der Waals surface area contributed by atoms with Crippen molar-refractivity contribution in [1.29, 1.82) is 0 Å². The molecule has 0 aliphatic heterocycles. The summed E-state index contributed by atoms with van der Waals surface area (Å²) in [4.78, 5) is 11.7. The fourth-order valence-corrected chi connectivity index (χ4v) is 2.25. The molecule has 134 valence electrons. The van der Waals surface area contributed by atoms with Crippen LogP contribution in [-0.2, 0) is 4.74 Å². The molecule has 0 atom stereocenters. The summed E-state index contributed by atoms with van der Waals surface area (Å²) in [5, 5.41) is 0. The monoisotopic (exact) mass is 354 g/mol. The zero-order valence-corrected chi connectivity index (χ0v) is 13.7. The Morgan fingerprint density at radius 2 is 1.76 bits per heavy atom. The fourth-order valence-electron chi connectivity index (χ4n) is 2.25. The number of para-hydroxylation sites is 1. The lowest BCUT2D eigenvalue weighted by Gasteiger charge is -2.15. The summed E-state index contributed by atoms with van der Waals surface area (Å²) in [7, 11) is 1.51. The number of hydrogen-bond acceptors (Lipinski definition) is 4. The lowest BCUT2D eigenvalue weighted by atomic mass is 10.0. The van der Waals surface area contributed by atoms with Gasteiger partial charge in [0, 0.05) is 12.7 Å². The van der Waals surface area contributed by atoms with Crippen LogP contribution in [0, 0.1) is 0 Å². The SMILES string of the molecule is COCCOc1cc(-c2ccccc2OC(F)(F)F)ccc1C(C)=O. The molecule has 0 bridgehead atoms. The fraction of sp³-hybridized carbons (Fsp3) is 0.278. The van der Waals surface area contributed by atoms with Gasteiger partial charge in [-0.25, -0.2) is 0 Å². The largest absolute Gasteiger partial charge is 0.573 e. The predicted octanol–water partition coefficient (Wildman–Crippen LogP) is 4.48. The van der Waals surface area contributed by atoms with E-state index in [4.69, 9.17) is 9.47 Å². The van der Waals surface area contributed by atoms with Crippen LogP contribution in [0.1, 0.15) is 17.3 Å². The van der Waals surface area contributed by atoms with Gasteiger partial charge >= 0.3 is 6.36 Å². The van der Waals surface area contributed by atoms with Crippen molar-refractivity contribution in [1.82, 2.24) is 0 Å². The van der Waals surface area contributed by atoms with Gasteiger partial charge in [0.1, 0.15) is 18.1 Å². The summed E-state index contributed by atoms with van der Waals surface area (Å²) < 4.78 is 52.3. The normalized spacial score (nSPS) is 11.2. The highest BCUT2D eigenvalue weighted by Crippen LogP contribution is 2.36. The number of ether oxygens (including phenoxy) is 3. The molecule has 25 heavy (non-hydrogen) atoms. The van der Waals surface area contributed by atoms with Crippen LogP contribution < -0.4 is 9.47 Å². The van der Waals surface area contributed by atoms with Gasteiger partial charge < -0.3 is 14.2 Å². The van der Waals surface area contributed by atoms with E-state index in [-0.39, 0.29) is 29.5 Å². The third-order valence-corrected chi connectivity index (χ3v) is 3.33. The van der Waals surface area contributed by atoms with E-state index in [1.807, 2.05) is 0 Å². The molecule has 2 aromatic rings. The maximum absolute atomic E-state index is 12.6. The minimum absolute atomic E-state index is 0.209. The van der Waals surface area contributed by atoms with E-state index in [9.17, 15) is 18.0 Å². The number of halogens is 3. The van der Waals surface area contributed by atoms with E-state index in [0.29, 0.717) is 17.7 Å². The Kier molecular flexibility index (Phi) is 6.03. The van der Waals surface area contributed by atoms with Gasteiger partial charge in [-0.15, -0.1) is 13.2 Å². The van der Waals surface area contributed by atoms with Crippen molar-refractivity contribution in [3.05, 3.63) is 48.0 Å². The summed E-state index contributed by atoms with van der Waals surface area (Å²) in [6.07, 6.45) is -4.80. The number of carbonyl (C=O) groups is 1. The number of methoxy groups -OCH3 is 1. The number of rotatable bonds is 7. The second kappa shape index (κ2) is 8.02. The number of carbonyl (C=O) groups excluding carboxylic acids is 1. The van der Waals surface area contributed by atoms with Crippen molar-refractivity contribution < 1.29 is 32.2 Å². The first-order valence-electron chi connectivity index (χ1n) is 7.43. The van der Waals surface area contributed by atoms with Gasteiger partial charge in [-0.3, -0.25) is 4.79 Å². The standard InChI is InChI=1S/C18H17F3O4/c1-12(22)14-8-7-13(11-17(14)24-10-9-23-2)15-5-3-4-6-16(15)25-18(19,20)21/h3-8,11H,9-10H2,1-2H3. The van der Waals surface area contributed by atoms with Crippen molar-refractivity contribution in [3.8, 4) is 22.6 Å². The van der Waals surface area contributed by atoms with Crippen LogP contribution in [0.3, 0.4) is 0 Å². The first-order chi connectivity index (χ1) is 11.8. The van der Waals surface area contributed by atoms with Crippen molar-refractivity contribution in [2.45, 2.75) is 13.3 Å². The molecule has 2 rings (SSSR count). The molecule has 4 nitrogen and oxygen atoms in total. The average molecular weight is 354 g/mol. The highest BCUT2D eigenvalue weighted by Gasteiger charge is 2.32. The van der Waals surface area contributed by atoms with Crippen LogP contribution >= 0.6 is 0 Å². The minimum atomic E-state index is -4.80. The molecule has 0 heterocycles. The molecule has 0 aliphatic rings. The van der Waals surface area contributed by atoms with Crippen molar-refractivity contribution in [3.63, 3.8) is 0 Å². The van der Waals surface area contributed by atoms with Gasteiger partial charge in [-0.05, 0) is 30.7 Å². The molecule has 2 aromatic carbocycles. The quantitative estimate of drug-likeness (QED) is 0.543. The topological polar surface area (TPSA) is 44.8 Å². The van der Waals surface area contributed by atoms with Gasteiger partial charge in [0.2, 0.25) is 0 Å². The second-order valence-corrected chi connectivity index (χ2v) is 5.15. The summed E-state index contributed by atoms with van der Waals surface area (Å²) >= 11 is 0. The van der Waals surface area contributed by atoms with Crippen molar-refractivity contribution in [2.24, 2.45) is 0 Å². The number of hydrogen-bond donors (Lipinski definition) is 0. The minimum Gasteiger partial charge on any atom is -0.490 e. The summed E-state index contributed by atoms with van der Waals surface area (Å²) in [6, 6.07) is 10.4. The molecule has 0 saturated heterocycles. The van der Waals surface area contributed by atoms with E-state index in [2.05, 4.69) is 4.74 Å². The van der Waals surface area contributed by atoms with Gasteiger partial charge in [-0.2, -0.15) is 0 Å². The maximum atomic E-state index is 12.6. The molecule has 0 fully saturated rings. The van der Waals surface area contributed by atoms with E-state index < -0.39 is 6.36 Å². The lowest BCUT2D eigenvalue weighted by Crippen LogP contribution is -2.17. The molecule has 0 radical (unpaired) electrons. The Morgan fingerprint density at radius 1 is 1.04 bits per heavy atom. The molecule has 0 unspecified atom stereocenters. The van der Waals surface area contributed by atoms with E-state index in [0.717, 1.165) is 0 Å². The van der Waals surface area contributed by atoms with E-state index in [1.165, 1.54) is 44.4 Å². The Balaban J connectivity index is 2.43. The molecule has 0 amide bonds. The van der Waals surface area contributed by atoms with Gasteiger partial charge in [0.05, 0.1) is 12.2 Å². The summed E-state index contributed by atoms with van der Waals surface area (Å²) in [6.45, 7) is 1.91. The van der Waals surface area contributed by atoms with Crippen LogP contribution in [-0.4, -0.2) is 32.5 Å². The average Bonchev–Trinajstić information content (AvgIpc) is 2.54. The Labute approximate surface area is 143 Å². The second-order valence-electron chi connectivity index (χ2n) is 5.15. The molecule has 0 aliphatic carbocycles. The number of ketones is 1. The summed E-state index contributed by atoms with van der Waals surface area (Å²) in [5.74, 6) is -0.254. The highest BCUT2D eigenvalue weighted by atomic mass is 19.4. The van der Waals surface area contributed by atoms with Crippen LogP contribution in [0.25, 0.3) is 11.1 Å². The summed E-state index contributed by atoms with van der Waals surface area (Å²) in [5.41, 5.74) is 1.03. The molecule has 0 saturated carbocycles. The first-order valence-corrected chi connectivity index (χ1v) is 7.43. The van der Waals surface area contributed by atoms with Crippen LogP contribution in [0.5, 0.6) is 11.5 Å². The molecular weight excluding hydrogens is 337 g/mol. The van der Waals surface area contributed by atoms with E-state index >= 15 is 0 Å². The zero-order chi connectivity index (χ0) is 18.4. The Morgan fingerprint density at radius 3 is 2.40 bits per heavy atom. The Bertz CT molecular complexity index is 741. The van der Waals surface area contributed by atoms with E-state index in [1.54, 1.807) is 12.1 Å². The van der Waals surface area contributed by atoms with Gasteiger partial charge in [0.15, 0.2) is 5.78 Å². The molecular formula is C18H17F3O4. The Hall–Kier alpha value is -2.54. The third kappa shape index (κ3) is 5.22. The predicted molar refractivity (Wildman–Crippen MR) is 85.9 cm³/mol. The van der Waals surface area contributed by atoms with Crippen LogP contribution in [0.4, 0.5) is 13.2 Å². The molecule has 0 aromatic heterocycles. The van der Waals surface area contributed by atoms with Crippen molar-refractivity contribution >= 4 is 5.78 Å². The lowest BCUT2D eigenvalue weighted by molar-refractivity contribution is -0.274. The smallest absolute Gasteiger partial charge is 0.490 e. The van der Waals surface area contributed by atoms with Crippen LogP contribution in [0.15, 0.2) is 42.5 Å². The number of alkyl halides is 3. The zero-order valence-electron chi connectivity index (χ0n) is 13.7. The van der Waals surface area contributed by atoms with Crippen LogP contribution in [0.2, 0.25) is 0 Å². The van der Waals surface area contributed by atoms with Gasteiger partial charge in [0.25, 0.3) is 0 Å². The number of benzene rings is 2. The van der Waals surface area contributed by atoms with Crippen molar-refractivity contribution in [2.75, 3.05) is 20.3 Å². The molecule has 0 spiro atoms.